The highest BCUT2D eigenvalue weighted by atomic mass is 79.9. The Morgan fingerprint density at radius 3 is 2.32 bits per heavy atom. The third-order valence-corrected chi connectivity index (χ3v) is 4.38. The van der Waals surface area contributed by atoms with E-state index < -0.39 is 17.0 Å². The van der Waals surface area contributed by atoms with Crippen molar-refractivity contribution in [3.63, 3.8) is 0 Å². The number of halogens is 4. The number of alkyl halides is 1. The Kier molecular flexibility index (Phi) is 4.26. The van der Waals surface area contributed by atoms with Crippen LogP contribution in [0.2, 0.25) is 0 Å². The van der Waals surface area contributed by atoms with E-state index in [2.05, 4.69) is 15.9 Å². The maximum atomic E-state index is 13.9. The van der Waals surface area contributed by atoms with Gasteiger partial charge in [-0.2, -0.15) is 0 Å². The van der Waals surface area contributed by atoms with E-state index >= 15 is 0 Å². The first kappa shape index (κ1) is 14.5. The minimum atomic E-state index is -0.716. The van der Waals surface area contributed by atoms with Gasteiger partial charge in [-0.1, -0.05) is 28.1 Å². The Morgan fingerprint density at radius 1 is 1.00 bits per heavy atom. The Labute approximate surface area is 124 Å². The topological polar surface area (TPSA) is 0 Å². The van der Waals surface area contributed by atoms with E-state index in [-0.39, 0.29) is 11.1 Å². The van der Waals surface area contributed by atoms with E-state index in [1.54, 1.807) is 0 Å². The Balaban J connectivity index is 2.46. The summed E-state index contributed by atoms with van der Waals surface area (Å²) in [5.41, 5.74) is 2.21. The van der Waals surface area contributed by atoms with Crippen LogP contribution in [0.1, 0.15) is 27.6 Å². The fourth-order valence-electron chi connectivity index (χ4n) is 1.80. The minimum absolute atomic E-state index is 0.153. The van der Waals surface area contributed by atoms with E-state index in [1.165, 1.54) is 13.0 Å². The van der Waals surface area contributed by atoms with Gasteiger partial charge in [-0.3, -0.25) is 0 Å². The van der Waals surface area contributed by atoms with Crippen LogP contribution in [0.15, 0.2) is 34.8 Å². The molecule has 0 aliphatic carbocycles. The largest absolute Gasteiger partial charge is 0.207 e. The molecule has 0 saturated heterocycles. The van der Waals surface area contributed by atoms with Gasteiger partial charge in [0.1, 0.15) is 11.6 Å². The molecule has 0 spiro atoms. The molecule has 2 aromatic rings. The predicted octanol–water partition coefficient (Wildman–Crippen LogP) is 5.67. The quantitative estimate of drug-likeness (QED) is 0.615. The lowest BCUT2D eigenvalue weighted by atomic mass is 10.0. The van der Waals surface area contributed by atoms with Gasteiger partial charge in [0, 0.05) is 10.0 Å². The van der Waals surface area contributed by atoms with Gasteiger partial charge in [-0.25, -0.2) is 8.78 Å². The van der Waals surface area contributed by atoms with Gasteiger partial charge in [0.15, 0.2) is 0 Å². The summed E-state index contributed by atoms with van der Waals surface area (Å²) in [5.74, 6) is -0.941. The molecule has 0 aliphatic rings. The van der Waals surface area contributed by atoms with Crippen LogP contribution in [-0.2, 0) is 0 Å². The summed E-state index contributed by atoms with van der Waals surface area (Å²) in [5, 5.41) is -0.716. The molecule has 1 atom stereocenters. The van der Waals surface area contributed by atoms with Crippen molar-refractivity contribution in [3.8, 4) is 0 Å². The third kappa shape index (κ3) is 2.98. The van der Waals surface area contributed by atoms with Crippen LogP contribution >= 0.6 is 27.5 Å². The van der Waals surface area contributed by atoms with Crippen LogP contribution in [-0.4, -0.2) is 0 Å². The number of benzene rings is 2. The highest BCUT2D eigenvalue weighted by Gasteiger charge is 2.18. The first-order chi connectivity index (χ1) is 8.90. The lowest BCUT2D eigenvalue weighted by Gasteiger charge is -2.13. The molecule has 0 amide bonds. The van der Waals surface area contributed by atoms with Crippen LogP contribution in [0.4, 0.5) is 8.78 Å². The van der Waals surface area contributed by atoms with Gasteiger partial charge in [0.25, 0.3) is 0 Å². The molecule has 0 radical (unpaired) electrons. The maximum Gasteiger partial charge on any atom is 0.128 e. The van der Waals surface area contributed by atoms with Crippen molar-refractivity contribution in [2.45, 2.75) is 19.2 Å². The summed E-state index contributed by atoms with van der Waals surface area (Å²) < 4.78 is 28.3. The summed E-state index contributed by atoms with van der Waals surface area (Å²) in [7, 11) is 0. The molecule has 0 heterocycles. The molecule has 19 heavy (non-hydrogen) atoms. The number of rotatable bonds is 2. The summed E-state index contributed by atoms with van der Waals surface area (Å²) >= 11 is 9.66. The van der Waals surface area contributed by atoms with Crippen LogP contribution in [0, 0.1) is 25.5 Å². The Bertz CT molecular complexity index is 626. The monoisotopic (exact) mass is 344 g/mol. The van der Waals surface area contributed by atoms with Crippen molar-refractivity contribution in [1.29, 1.82) is 0 Å². The van der Waals surface area contributed by atoms with Crippen molar-refractivity contribution in [2.75, 3.05) is 0 Å². The van der Waals surface area contributed by atoms with Crippen LogP contribution in [0.25, 0.3) is 0 Å². The molecule has 2 rings (SSSR count). The number of hydrogen-bond donors (Lipinski definition) is 0. The SMILES string of the molecule is Cc1cc(F)c(C(Cl)c2ccc(C)c(Br)c2)cc1F. The van der Waals surface area contributed by atoms with E-state index in [9.17, 15) is 8.78 Å². The smallest absolute Gasteiger partial charge is 0.128 e. The van der Waals surface area contributed by atoms with Crippen molar-refractivity contribution < 1.29 is 8.78 Å². The molecular formula is C15H12BrClF2. The molecule has 4 heteroatoms. The molecule has 0 bridgehead atoms. The molecule has 100 valence electrons. The fraction of sp³-hybridized carbons (Fsp3) is 0.200. The highest BCUT2D eigenvalue weighted by molar-refractivity contribution is 9.10. The number of hydrogen-bond acceptors (Lipinski definition) is 0. The van der Waals surface area contributed by atoms with Crippen molar-refractivity contribution in [3.05, 3.63) is 68.7 Å². The molecule has 2 aromatic carbocycles. The van der Waals surface area contributed by atoms with E-state index in [1.807, 2.05) is 25.1 Å². The van der Waals surface area contributed by atoms with E-state index in [4.69, 9.17) is 11.6 Å². The minimum Gasteiger partial charge on any atom is -0.207 e. The summed E-state index contributed by atoms with van der Waals surface area (Å²) in [6, 6.07) is 7.86. The van der Waals surface area contributed by atoms with Gasteiger partial charge < -0.3 is 0 Å². The summed E-state index contributed by atoms with van der Waals surface area (Å²) in [4.78, 5) is 0. The second-order valence-electron chi connectivity index (χ2n) is 4.49. The molecule has 1 unspecified atom stereocenters. The Hall–Kier alpha value is -0.930. The highest BCUT2D eigenvalue weighted by Crippen LogP contribution is 2.33. The molecule has 0 aromatic heterocycles. The normalized spacial score (nSPS) is 12.5. The number of aryl methyl sites for hydroxylation is 2. The molecule has 0 nitrogen and oxygen atoms in total. The average Bonchev–Trinajstić information content (AvgIpc) is 2.36. The van der Waals surface area contributed by atoms with Gasteiger partial charge in [0.2, 0.25) is 0 Å². The maximum absolute atomic E-state index is 13.9. The second kappa shape index (κ2) is 5.59. The first-order valence-corrected chi connectivity index (χ1v) is 6.98. The third-order valence-electron chi connectivity index (χ3n) is 3.04. The van der Waals surface area contributed by atoms with E-state index in [0.29, 0.717) is 0 Å². The molecule has 0 N–H and O–H groups in total. The van der Waals surface area contributed by atoms with Gasteiger partial charge in [-0.05, 0) is 48.7 Å². The summed E-state index contributed by atoms with van der Waals surface area (Å²) in [6.45, 7) is 3.47. The zero-order chi connectivity index (χ0) is 14.2. The van der Waals surface area contributed by atoms with Crippen molar-refractivity contribution in [2.24, 2.45) is 0 Å². The zero-order valence-corrected chi connectivity index (χ0v) is 12.8. The van der Waals surface area contributed by atoms with Crippen LogP contribution in [0.3, 0.4) is 0 Å². The first-order valence-electron chi connectivity index (χ1n) is 5.76. The van der Waals surface area contributed by atoms with E-state index in [0.717, 1.165) is 21.7 Å². The lowest BCUT2D eigenvalue weighted by molar-refractivity contribution is 0.580. The van der Waals surface area contributed by atoms with Gasteiger partial charge >= 0.3 is 0 Å². The Morgan fingerprint density at radius 2 is 1.68 bits per heavy atom. The van der Waals surface area contributed by atoms with Gasteiger partial charge in [-0.15, -0.1) is 11.6 Å². The summed E-state index contributed by atoms with van der Waals surface area (Å²) in [6.07, 6.45) is 0. The predicted molar refractivity (Wildman–Crippen MR) is 77.7 cm³/mol. The molecule has 0 aliphatic heterocycles. The molecule has 0 fully saturated rings. The van der Waals surface area contributed by atoms with Crippen molar-refractivity contribution in [1.82, 2.24) is 0 Å². The average molecular weight is 346 g/mol. The molecule has 0 saturated carbocycles. The lowest BCUT2D eigenvalue weighted by Crippen LogP contribution is -2.00. The molecular weight excluding hydrogens is 334 g/mol. The van der Waals surface area contributed by atoms with Crippen LogP contribution in [0.5, 0.6) is 0 Å². The van der Waals surface area contributed by atoms with Crippen LogP contribution < -0.4 is 0 Å². The zero-order valence-electron chi connectivity index (χ0n) is 10.5. The van der Waals surface area contributed by atoms with Gasteiger partial charge in [0.05, 0.1) is 5.38 Å². The fourth-order valence-corrected chi connectivity index (χ4v) is 2.50. The second-order valence-corrected chi connectivity index (χ2v) is 5.78. The standard InChI is InChI=1S/C15H12BrClF2/c1-8-3-4-10(6-12(8)16)15(17)11-7-13(18)9(2)5-14(11)19/h3-7,15H,1-2H3. The van der Waals surface area contributed by atoms with Crippen molar-refractivity contribution >= 4 is 27.5 Å².